The second-order valence-electron chi connectivity index (χ2n) is 4.89. The van der Waals surface area contributed by atoms with Crippen LogP contribution in [-0.2, 0) is 0 Å². The Morgan fingerprint density at radius 2 is 1.52 bits per heavy atom. The van der Waals surface area contributed by atoms with Gasteiger partial charge < -0.3 is 0 Å². The van der Waals surface area contributed by atoms with E-state index in [0.29, 0.717) is 16.8 Å². The van der Waals surface area contributed by atoms with Crippen LogP contribution in [0.5, 0.6) is 0 Å². The molecule has 0 N–H and O–H groups in total. The number of benzene rings is 3. The van der Waals surface area contributed by atoms with Gasteiger partial charge in [-0.15, -0.1) is 5.11 Å². The molecule has 3 aromatic carbocycles. The zero-order valence-corrected chi connectivity index (χ0v) is 13.8. The monoisotopic (exact) mass is 364 g/mol. The van der Waals surface area contributed by atoms with Gasteiger partial charge in [-0.2, -0.15) is 5.11 Å². The lowest BCUT2D eigenvalue weighted by Gasteiger charge is -2.04. The van der Waals surface area contributed by atoms with Crippen LogP contribution in [0.1, 0.15) is 15.9 Å². The Morgan fingerprint density at radius 1 is 0.783 bits per heavy atom. The molecule has 4 heteroatoms. The van der Waals surface area contributed by atoms with E-state index in [0.717, 1.165) is 10.2 Å². The predicted molar refractivity (Wildman–Crippen MR) is 94.6 cm³/mol. The van der Waals surface area contributed by atoms with Crippen molar-refractivity contribution in [1.29, 1.82) is 0 Å². The second-order valence-corrected chi connectivity index (χ2v) is 5.81. The van der Waals surface area contributed by atoms with Crippen molar-refractivity contribution in [2.24, 2.45) is 10.2 Å². The molecule has 0 heterocycles. The number of carbonyl (C=O) groups excluding carboxylic acids is 1. The van der Waals surface area contributed by atoms with Crippen LogP contribution >= 0.6 is 15.9 Å². The number of hydrogen-bond acceptors (Lipinski definition) is 3. The van der Waals surface area contributed by atoms with Crippen molar-refractivity contribution in [1.82, 2.24) is 0 Å². The van der Waals surface area contributed by atoms with Crippen LogP contribution < -0.4 is 0 Å². The van der Waals surface area contributed by atoms with Gasteiger partial charge in [0.25, 0.3) is 0 Å². The minimum atomic E-state index is -0.0751. The van der Waals surface area contributed by atoms with E-state index < -0.39 is 0 Å². The highest BCUT2D eigenvalue weighted by Crippen LogP contribution is 2.25. The Balaban J connectivity index is 1.95. The van der Waals surface area contributed by atoms with Gasteiger partial charge in [0, 0.05) is 10.0 Å². The normalized spacial score (nSPS) is 10.8. The van der Waals surface area contributed by atoms with Crippen LogP contribution in [0.4, 0.5) is 11.4 Å². The molecule has 23 heavy (non-hydrogen) atoms. The average Bonchev–Trinajstić information content (AvgIpc) is 2.60. The van der Waals surface area contributed by atoms with Gasteiger partial charge in [-0.1, -0.05) is 58.4 Å². The van der Waals surface area contributed by atoms with Gasteiger partial charge >= 0.3 is 0 Å². The lowest BCUT2D eigenvalue weighted by atomic mass is 10.0. The van der Waals surface area contributed by atoms with E-state index in [9.17, 15) is 4.79 Å². The fraction of sp³-hybridized carbons (Fsp3) is 0. The van der Waals surface area contributed by atoms with E-state index >= 15 is 0 Å². The summed E-state index contributed by atoms with van der Waals surface area (Å²) in [6.45, 7) is 0. The van der Waals surface area contributed by atoms with E-state index in [1.165, 1.54) is 0 Å². The molecule has 112 valence electrons. The molecule has 3 nitrogen and oxygen atoms in total. The first-order chi connectivity index (χ1) is 11.2. The van der Waals surface area contributed by atoms with Crippen molar-refractivity contribution in [2.75, 3.05) is 0 Å². The minimum absolute atomic E-state index is 0.0751. The second kappa shape index (κ2) is 7.11. The van der Waals surface area contributed by atoms with Crippen molar-refractivity contribution in [2.45, 2.75) is 0 Å². The van der Waals surface area contributed by atoms with Gasteiger partial charge in [-0.25, -0.2) is 0 Å². The van der Waals surface area contributed by atoms with Crippen LogP contribution in [0.15, 0.2) is 93.6 Å². The van der Waals surface area contributed by atoms with Crippen molar-refractivity contribution < 1.29 is 4.79 Å². The van der Waals surface area contributed by atoms with E-state index in [4.69, 9.17) is 0 Å². The first kappa shape index (κ1) is 15.3. The molecule has 3 aromatic rings. The molecule has 0 spiro atoms. The third-order valence-corrected chi connectivity index (χ3v) is 3.76. The van der Waals surface area contributed by atoms with E-state index in [1.54, 1.807) is 24.3 Å². The van der Waals surface area contributed by atoms with Gasteiger partial charge in [0.1, 0.15) is 0 Å². The van der Waals surface area contributed by atoms with Crippen LogP contribution in [0.2, 0.25) is 0 Å². The lowest BCUT2D eigenvalue weighted by molar-refractivity contribution is 0.103. The van der Waals surface area contributed by atoms with Gasteiger partial charge in [0.2, 0.25) is 0 Å². The number of hydrogen-bond donors (Lipinski definition) is 0. The molecule has 0 aromatic heterocycles. The standard InChI is InChI=1S/C19H13BrN2O/c20-15-8-6-7-14(13-15)19(23)17-11-4-5-12-18(17)22-21-16-9-2-1-3-10-16/h1-13H. The number of carbonyl (C=O) groups is 1. The SMILES string of the molecule is O=C(c1cccc(Br)c1)c1ccccc1N=Nc1ccccc1. The number of halogens is 1. The van der Waals surface area contributed by atoms with Crippen LogP contribution in [0, 0.1) is 0 Å². The molecule has 0 saturated heterocycles. The van der Waals surface area contributed by atoms with E-state index in [-0.39, 0.29) is 5.78 Å². The van der Waals surface area contributed by atoms with Crippen molar-refractivity contribution in [3.63, 3.8) is 0 Å². The third kappa shape index (κ3) is 3.79. The topological polar surface area (TPSA) is 41.8 Å². The molecule has 0 saturated carbocycles. The maximum absolute atomic E-state index is 12.7. The number of ketones is 1. The molecule has 0 atom stereocenters. The summed E-state index contributed by atoms with van der Waals surface area (Å²) >= 11 is 3.39. The molecular formula is C19H13BrN2O. The molecular weight excluding hydrogens is 352 g/mol. The van der Waals surface area contributed by atoms with Gasteiger partial charge in [0.05, 0.1) is 16.9 Å². The van der Waals surface area contributed by atoms with Crippen molar-refractivity contribution in [3.8, 4) is 0 Å². The van der Waals surface area contributed by atoms with Crippen molar-refractivity contribution >= 4 is 33.1 Å². The lowest BCUT2D eigenvalue weighted by Crippen LogP contribution is -2.01. The van der Waals surface area contributed by atoms with E-state index in [2.05, 4.69) is 26.2 Å². The van der Waals surface area contributed by atoms with Crippen LogP contribution in [-0.4, -0.2) is 5.78 Å². The molecule has 0 fully saturated rings. The Labute approximate surface area is 142 Å². The highest BCUT2D eigenvalue weighted by Gasteiger charge is 2.13. The summed E-state index contributed by atoms with van der Waals surface area (Å²) in [5.41, 5.74) is 2.45. The van der Waals surface area contributed by atoms with Crippen molar-refractivity contribution in [3.05, 3.63) is 94.5 Å². The molecule has 0 aliphatic carbocycles. The summed E-state index contributed by atoms with van der Waals surface area (Å²) in [5, 5.41) is 8.43. The third-order valence-electron chi connectivity index (χ3n) is 3.26. The largest absolute Gasteiger partial charge is 0.289 e. The van der Waals surface area contributed by atoms with Crippen LogP contribution in [0.3, 0.4) is 0 Å². The summed E-state index contributed by atoms with van der Waals surface area (Å²) in [5.74, 6) is -0.0751. The number of nitrogens with zero attached hydrogens (tertiary/aromatic N) is 2. The predicted octanol–water partition coefficient (Wildman–Crippen LogP) is 6.10. The molecule has 0 amide bonds. The van der Waals surface area contributed by atoms with Gasteiger partial charge in [-0.05, 0) is 36.4 Å². The first-order valence-corrected chi connectivity index (χ1v) is 7.89. The molecule has 0 radical (unpaired) electrons. The summed E-state index contributed by atoms with van der Waals surface area (Å²) in [7, 11) is 0. The Hall–Kier alpha value is -2.59. The van der Waals surface area contributed by atoms with E-state index in [1.807, 2.05) is 54.6 Å². The fourth-order valence-electron chi connectivity index (χ4n) is 2.14. The maximum Gasteiger partial charge on any atom is 0.195 e. The summed E-state index contributed by atoms with van der Waals surface area (Å²) in [6.07, 6.45) is 0. The molecule has 0 aliphatic heterocycles. The zero-order valence-electron chi connectivity index (χ0n) is 12.2. The smallest absolute Gasteiger partial charge is 0.195 e. The summed E-state index contributed by atoms with van der Waals surface area (Å²) < 4.78 is 0.867. The first-order valence-electron chi connectivity index (χ1n) is 7.10. The summed E-state index contributed by atoms with van der Waals surface area (Å²) in [4.78, 5) is 12.7. The zero-order chi connectivity index (χ0) is 16.1. The highest BCUT2D eigenvalue weighted by atomic mass is 79.9. The van der Waals surface area contributed by atoms with Gasteiger partial charge in [-0.3, -0.25) is 4.79 Å². The molecule has 0 aliphatic rings. The quantitative estimate of drug-likeness (QED) is 0.407. The number of rotatable bonds is 4. The summed E-state index contributed by atoms with van der Waals surface area (Å²) in [6, 6.07) is 24.0. The molecule has 3 rings (SSSR count). The number of azo groups is 1. The highest BCUT2D eigenvalue weighted by molar-refractivity contribution is 9.10. The maximum atomic E-state index is 12.7. The fourth-order valence-corrected chi connectivity index (χ4v) is 2.54. The average molecular weight is 365 g/mol. The minimum Gasteiger partial charge on any atom is -0.289 e. The van der Waals surface area contributed by atoms with Gasteiger partial charge in [0.15, 0.2) is 5.78 Å². The van der Waals surface area contributed by atoms with Crippen LogP contribution in [0.25, 0.3) is 0 Å². The molecule has 0 unspecified atom stereocenters. The molecule has 0 bridgehead atoms. The Morgan fingerprint density at radius 3 is 2.30 bits per heavy atom. The Kier molecular flexibility index (Phi) is 4.74. The Bertz CT molecular complexity index is 860.